The number of unbranched alkanes of at least 4 members (excludes halogenated alkanes) is 1. The molecule has 3 aromatic rings. The summed E-state index contributed by atoms with van der Waals surface area (Å²) in [5, 5.41) is 0.537. The molecule has 1 atom stereocenters. The van der Waals surface area contributed by atoms with Gasteiger partial charge >= 0.3 is 0 Å². The number of hydrogen-bond acceptors (Lipinski definition) is 5. The van der Waals surface area contributed by atoms with E-state index in [0.29, 0.717) is 22.6 Å². The van der Waals surface area contributed by atoms with Crippen LogP contribution in [0.25, 0.3) is 11.1 Å². The van der Waals surface area contributed by atoms with Gasteiger partial charge in [0.05, 0.1) is 11.8 Å². The number of hydrogen-bond donors (Lipinski definition) is 0. The van der Waals surface area contributed by atoms with Crippen molar-refractivity contribution in [2.45, 2.75) is 39.2 Å². The molecule has 0 fully saturated rings. The maximum Gasteiger partial charge on any atom is 0.286 e. The Labute approximate surface area is 214 Å². The molecule has 186 valence electrons. The third-order valence-electron chi connectivity index (χ3n) is 5.39. The number of carbonyl (C=O) groups is 1. The molecule has 35 heavy (non-hydrogen) atoms. The van der Waals surface area contributed by atoms with Crippen molar-refractivity contribution in [2.75, 3.05) is 6.26 Å². The summed E-state index contributed by atoms with van der Waals surface area (Å²) >= 11 is 12.2. The van der Waals surface area contributed by atoms with Crippen LogP contribution in [0.5, 0.6) is 5.88 Å². The van der Waals surface area contributed by atoms with Gasteiger partial charge in [0.15, 0.2) is 0 Å². The topological polar surface area (TPSA) is 76.6 Å². The maximum atomic E-state index is 15.0. The van der Waals surface area contributed by atoms with Gasteiger partial charge in [0.25, 0.3) is 5.91 Å². The molecule has 0 unspecified atom stereocenters. The summed E-state index contributed by atoms with van der Waals surface area (Å²) < 4.78 is 45.1. The van der Waals surface area contributed by atoms with Gasteiger partial charge in [-0.15, -0.1) is 3.82 Å². The number of benzene rings is 2. The van der Waals surface area contributed by atoms with Crippen LogP contribution in [0, 0.1) is 12.7 Å². The van der Waals surface area contributed by atoms with Gasteiger partial charge < -0.3 is 4.74 Å². The minimum absolute atomic E-state index is 0.000945. The van der Waals surface area contributed by atoms with Crippen molar-refractivity contribution in [2.24, 2.45) is 0 Å². The Hall–Kier alpha value is -2.68. The molecule has 0 saturated heterocycles. The van der Waals surface area contributed by atoms with Crippen molar-refractivity contribution >= 4 is 39.3 Å². The number of halogens is 3. The molecule has 0 aliphatic heterocycles. The summed E-state index contributed by atoms with van der Waals surface area (Å²) in [6, 6.07) is 13.1. The molecule has 0 saturated carbocycles. The van der Waals surface area contributed by atoms with E-state index in [9.17, 15) is 13.2 Å². The quantitative estimate of drug-likeness (QED) is 0.283. The second kappa shape index (κ2) is 11.4. The zero-order chi connectivity index (χ0) is 25.8. The standard InChI is InChI=1S/C25H25Cl2FN2O4S/c1-4-5-12-21(17-9-6-7-11-19(17)26)34-24-18(10-8-15-29-24)22-16(2)13-14-20(28)23(22)25(31)30(27)35(3,32)33/h6-11,13-15,21H,4-5,12H2,1-3H3/t21-/m0/s1. The highest BCUT2D eigenvalue weighted by atomic mass is 35.5. The van der Waals surface area contributed by atoms with Gasteiger partial charge in [0.1, 0.15) is 11.9 Å². The van der Waals surface area contributed by atoms with Gasteiger partial charge in [-0.3, -0.25) is 4.79 Å². The van der Waals surface area contributed by atoms with E-state index < -0.39 is 33.4 Å². The molecule has 0 N–H and O–H groups in total. The Kier molecular flexibility index (Phi) is 8.74. The molecule has 1 aromatic heterocycles. The molecule has 10 heteroatoms. The van der Waals surface area contributed by atoms with Crippen molar-refractivity contribution in [3.05, 3.63) is 82.3 Å². The van der Waals surface area contributed by atoms with Crippen molar-refractivity contribution in [3.8, 4) is 17.0 Å². The molecule has 1 heterocycles. The minimum atomic E-state index is -4.14. The third-order valence-corrected chi connectivity index (χ3v) is 7.39. The first-order chi connectivity index (χ1) is 16.6. The summed E-state index contributed by atoms with van der Waals surface area (Å²) in [5.41, 5.74) is 1.25. The van der Waals surface area contributed by atoms with Crippen LogP contribution in [0.15, 0.2) is 54.7 Å². The summed E-state index contributed by atoms with van der Waals surface area (Å²) in [6.07, 6.45) is 4.25. The molecule has 0 radical (unpaired) electrons. The molecule has 0 bridgehead atoms. The number of sulfonamides is 1. The Bertz CT molecular complexity index is 1330. The Morgan fingerprint density at radius 2 is 1.89 bits per heavy atom. The van der Waals surface area contributed by atoms with E-state index in [1.54, 1.807) is 25.1 Å². The number of aromatic nitrogens is 1. The van der Waals surface area contributed by atoms with E-state index in [-0.39, 0.29) is 15.3 Å². The predicted octanol–water partition coefficient (Wildman–Crippen LogP) is 6.72. The second-order valence-electron chi connectivity index (χ2n) is 8.02. The normalized spacial score (nSPS) is 12.3. The summed E-state index contributed by atoms with van der Waals surface area (Å²) in [5.74, 6) is -1.99. The molecule has 1 amide bonds. The van der Waals surface area contributed by atoms with Crippen molar-refractivity contribution < 1.29 is 22.3 Å². The van der Waals surface area contributed by atoms with E-state index in [1.165, 1.54) is 12.3 Å². The maximum absolute atomic E-state index is 15.0. The highest BCUT2D eigenvalue weighted by molar-refractivity contribution is 7.89. The van der Waals surface area contributed by atoms with E-state index in [1.807, 2.05) is 18.2 Å². The van der Waals surface area contributed by atoms with Gasteiger partial charge in [0, 0.05) is 39.7 Å². The number of pyridine rings is 1. The average Bonchev–Trinajstić information content (AvgIpc) is 2.82. The highest BCUT2D eigenvalue weighted by Crippen LogP contribution is 2.39. The summed E-state index contributed by atoms with van der Waals surface area (Å²) in [6.45, 7) is 3.73. The van der Waals surface area contributed by atoms with Gasteiger partial charge in [-0.05, 0) is 49.6 Å². The average molecular weight is 539 g/mol. The number of carbonyl (C=O) groups excluding carboxylic acids is 1. The molecule has 3 rings (SSSR count). The van der Waals surface area contributed by atoms with Crippen LogP contribution in [0.2, 0.25) is 5.02 Å². The molecule has 2 aromatic carbocycles. The highest BCUT2D eigenvalue weighted by Gasteiger charge is 2.31. The first-order valence-corrected chi connectivity index (χ1v) is 13.5. The molecular formula is C25H25Cl2FN2O4S. The Balaban J connectivity index is 2.17. The smallest absolute Gasteiger partial charge is 0.286 e. The SMILES string of the molecule is CCCC[C@H](Oc1ncccc1-c1c(C)ccc(F)c1C(=O)N(Cl)S(C)(=O)=O)c1ccccc1Cl. The molecule has 6 nitrogen and oxygen atoms in total. The van der Waals surface area contributed by atoms with Crippen LogP contribution in [-0.4, -0.2) is 29.4 Å². The largest absolute Gasteiger partial charge is 0.469 e. The number of rotatable bonds is 9. The lowest BCUT2D eigenvalue weighted by Crippen LogP contribution is -2.29. The lowest BCUT2D eigenvalue weighted by atomic mass is 9.94. The van der Waals surface area contributed by atoms with Crippen LogP contribution >= 0.6 is 23.4 Å². The number of nitrogens with zero attached hydrogens (tertiary/aromatic N) is 2. The van der Waals surface area contributed by atoms with Gasteiger partial charge in [-0.2, -0.15) is 0 Å². The van der Waals surface area contributed by atoms with Crippen LogP contribution in [0.4, 0.5) is 4.39 Å². The zero-order valence-corrected chi connectivity index (χ0v) is 21.8. The fourth-order valence-electron chi connectivity index (χ4n) is 3.69. The van der Waals surface area contributed by atoms with Gasteiger partial charge in [0.2, 0.25) is 15.9 Å². The van der Waals surface area contributed by atoms with E-state index in [2.05, 4.69) is 11.9 Å². The second-order valence-corrected chi connectivity index (χ2v) is 10.8. The van der Waals surface area contributed by atoms with E-state index >= 15 is 4.39 Å². The summed E-state index contributed by atoms with van der Waals surface area (Å²) in [4.78, 5) is 17.4. The zero-order valence-electron chi connectivity index (χ0n) is 19.5. The first-order valence-electron chi connectivity index (χ1n) is 10.9. The summed E-state index contributed by atoms with van der Waals surface area (Å²) in [7, 11) is -4.14. The van der Waals surface area contributed by atoms with Crippen molar-refractivity contribution in [3.63, 3.8) is 0 Å². The first kappa shape index (κ1) is 26.9. The lowest BCUT2D eigenvalue weighted by Gasteiger charge is -2.23. The Morgan fingerprint density at radius 1 is 1.17 bits per heavy atom. The fraction of sp³-hybridized carbons (Fsp3) is 0.280. The molecular weight excluding hydrogens is 514 g/mol. The number of ether oxygens (including phenoxy) is 1. The van der Waals surface area contributed by atoms with E-state index in [4.69, 9.17) is 28.1 Å². The fourth-order valence-corrected chi connectivity index (χ4v) is 4.42. The van der Waals surface area contributed by atoms with Gasteiger partial charge in [-0.1, -0.05) is 49.2 Å². The van der Waals surface area contributed by atoms with Crippen LogP contribution < -0.4 is 4.74 Å². The Morgan fingerprint density at radius 3 is 2.54 bits per heavy atom. The predicted molar refractivity (Wildman–Crippen MR) is 136 cm³/mol. The van der Waals surface area contributed by atoms with Gasteiger partial charge in [-0.25, -0.2) is 17.8 Å². The molecule has 0 spiro atoms. The van der Waals surface area contributed by atoms with Crippen LogP contribution in [0.3, 0.4) is 0 Å². The number of aryl methyl sites for hydroxylation is 1. The minimum Gasteiger partial charge on any atom is -0.469 e. The van der Waals surface area contributed by atoms with Crippen molar-refractivity contribution in [1.82, 2.24) is 8.81 Å². The van der Waals surface area contributed by atoms with Crippen LogP contribution in [-0.2, 0) is 10.0 Å². The molecule has 0 aliphatic rings. The number of amides is 1. The monoisotopic (exact) mass is 538 g/mol. The van der Waals surface area contributed by atoms with Crippen molar-refractivity contribution in [1.29, 1.82) is 0 Å². The van der Waals surface area contributed by atoms with E-state index in [0.717, 1.165) is 30.7 Å². The van der Waals surface area contributed by atoms with Crippen LogP contribution in [0.1, 0.15) is 53.8 Å². The third kappa shape index (κ3) is 6.12. The molecule has 0 aliphatic carbocycles. The lowest BCUT2D eigenvalue weighted by molar-refractivity contribution is 0.0920.